The molecule has 3 rings (SSSR count). The summed E-state index contributed by atoms with van der Waals surface area (Å²) in [6.45, 7) is 5.22. The van der Waals surface area contributed by atoms with Gasteiger partial charge in [0.15, 0.2) is 5.76 Å². The van der Waals surface area contributed by atoms with Crippen molar-refractivity contribution >= 4 is 0 Å². The second-order valence-electron chi connectivity index (χ2n) is 4.93. The minimum atomic E-state index is 0.377. The molecule has 3 heterocycles. The number of hydrogen-bond donors (Lipinski definition) is 1. The summed E-state index contributed by atoms with van der Waals surface area (Å²) in [5.41, 5.74) is 0.870. The van der Waals surface area contributed by atoms with Crippen LogP contribution in [0.15, 0.2) is 33.5 Å². The molecule has 0 spiro atoms. The third kappa shape index (κ3) is 3.34. The first-order valence-electron chi connectivity index (χ1n) is 6.69. The molecule has 0 amide bonds. The highest BCUT2D eigenvalue weighted by Gasteiger charge is 2.12. The van der Waals surface area contributed by atoms with Crippen molar-refractivity contribution in [3.63, 3.8) is 0 Å². The molecule has 0 aliphatic rings. The lowest BCUT2D eigenvalue weighted by Crippen LogP contribution is -2.21. The van der Waals surface area contributed by atoms with Crippen LogP contribution in [-0.4, -0.2) is 31.2 Å². The van der Waals surface area contributed by atoms with E-state index in [1.807, 2.05) is 6.20 Å². The molecule has 0 fully saturated rings. The van der Waals surface area contributed by atoms with Gasteiger partial charge < -0.3 is 14.3 Å². The summed E-state index contributed by atoms with van der Waals surface area (Å²) in [6.07, 6.45) is 3.42. The molecule has 0 radical (unpaired) electrons. The Hall–Kier alpha value is -2.48. The van der Waals surface area contributed by atoms with Gasteiger partial charge >= 0.3 is 0 Å². The number of nitrogens with zero attached hydrogens (tertiary/aromatic N) is 5. The Morgan fingerprint density at radius 2 is 2.29 bits per heavy atom. The maximum Gasteiger partial charge on any atom is 0.248 e. The van der Waals surface area contributed by atoms with E-state index in [0.717, 1.165) is 5.69 Å². The highest BCUT2D eigenvalue weighted by molar-refractivity contribution is 5.44. The standard InChI is InChI=1S/C13H16N6O2/c1-9(2)14-6-10-7-19(18-16-10)8-12-15-13(17-21-12)11-4-3-5-20-11/h3-5,7,9,14H,6,8H2,1-2H3. The van der Waals surface area contributed by atoms with Crippen LogP contribution in [0.2, 0.25) is 0 Å². The van der Waals surface area contributed by atoms with Gasteiger partial charge in [0, 0.05) is 12.6 Å². The van der Waals surface area contributed by atoms with Crippen LogP contribution in [0.25, 0.3) is 11.6 Å². The third-order valence-electron chi connectivity index (χ3n) is 2.78. The fraction of sp³-hybridized carbons (Fsp3) is 0.385. The lowest BCUT2D eigenvalue weighted by Gasteiger charge is -2.03. The van der Waals surface area contributed by atoms with Crippen molar-refractivity contribution < 1.29 is 8.94 Å². The Balaban J connectivity index is 1.64. The van der Waals surface area contributed by atoms with Gasteiger partial charge in [-0.05, 0) is 12.1 Å². The van der Waals surface area contributed by atoms with Gasteiger partial charge in [0.1, 0.15) is 6.54 Å². The molecule has 0 aliphatic carbocycles. The minimum absolute atomic E-state index is 0.377. The Kier molecular flexibility index (Phi) is 3.78. The quantitative estimate of drug-likeness (QED) is 0.733. The first-order chi connectivity index (χ1) is 10.2. The second-order valence-corrected chi connectivity index (χ2v) is 4.93. The smallest absolute Gasteiger partial charge is 0.248 e. The predicted molar refractivity (Wildman–Crippen MR) is 73.1 cm³/mol. The van der Waals surface area contributed by atoms with E-state index in [1.165, 1.54) is 0 Å². The van der Waals surface area contributed by atoms with E-state index in [0.29, 0.717) is 36.6 Å². The summed E-state index contributed by atoms with van der Waals surface area (Å²) < 4.78 is 12.1. The van der Waals surface area contributed by atoms with E-state index in [-0.39, 0.29) is 0 Å². The number of rotatable bonds is 6. The maximum absolute atomic E-state index is 5.21. The molecule has 3 aromatic rings. The van der Waals surface area contributed by atoms with Crippen LogP contribution in [0.1, 0.15) is 25.4 Å². The van der Waals surface area contributed by atoms with E-state index >= 15 is 0 Å². The van der Waals surface area contributed by atoms with E-state index in [2.05, 4.69) is 39.6 Å². The highest BCUT2D eigenvalue weighted by Crippen LogP contribution is 2.15. The van der Waals surface area contributed by atoms with Gasteiger partial charge in [0.05, 0.1) is 18.2 Å². The van der Waals surface area contributed by atoms with Gasteiger partial charge in [0.2, 0.25) is 11.7 Å². The van der Waals surface area contributed by atoms with Crippen molar-refractivity contribution in [1.29, 1.82) is 0 Å². The van der Waals surface area contributed by atoms with E-state index in [9.17, 15) is 0 Å². The maximum atomic E-state index is 5.21. The zero-order valence-electron chi connectivity index (χ0n) is 11.9. The Morgan fingerprint density at radius 1 is 1.38 bits per heavy atom. The normalized spacial score (nSPS) is 11.4. The molecule has 0 aliphatic heterocycles. The molecule has 0 saturated heterocycles. The van der Waals surface area contributed by atoms with Gasteiger partial charge in [-0.2, -0.15) is 4.98 Å². The van der Waals surface area contributed by atoms with Crippen molar-refractivity contribution in [3.8, 4) is 11.6 Å². The van der Waals surface area contributed by atoms with Crippen molar-refractivity contribution in [2.45, 2.75) is 33.0 Å². The zero-order chi connectivity index (χ0) is 14.7. The van der Waals surface area contributed by atoms with Gasteiger partial charge in [0.25, 0.3) is 0 Å². The first-order valence-corrected chi connectivity index (χ1v) is 6.69. The van der Waals surface area contributed by atoms with Crippen LogP contribution >= 0.6 is 0 Å². The van der Waals surface area contributed by atoms with Crippen LogP contribution in [0.5, 0.6) is 0 Å². The van der Waals surface area contributed by atoms with E-state index in [1.54, 1.807) is 23.1 Å². The Morgan fingerprint density at radius 3 is 3.05 bits per heavy atom. The van der Waals surface area contributed by atoms with Crippen LogP contribution in [0.4, 0.5) is 0 Å². The van der Waals surface area contributed by atoms with Crippen LogP contribution in [-0.2, 0) is 13.1 Å². The summed E-state index contributed by atoms with van der Waals surface area (Å²) in [7, 11) is 0. The molecule has 0 atom stereocenters. The van der Waals surface area contributed by atoms with Crippen LogP contribution in [0, 0.1) is 0 Å². The fourth-order valence-electron chi connectivity index (χ4n) is 1.77. The predicted octanol–water partition coefficient (Wildman–Crippen LogP) is 1.47. The average Bonchev–Trinajstić information content (AvgIpc) is 3.18. The van der Waals surface area contributed by atoms with Crippen molar-refractivity contribution in [2.24, 2.45) is 0 Å². The molecule has 21 heavy (non-hydrogen) atoms. The van der Waals surface area contributed by atoms with Gasteiger partial charge in [-0.3, -0.25) is 0 Å². The van der Waals surface area contributed by atoms with E-state index in [4.69, 9.17) is 8.94 Å². The molecular weight excluding hydrogens is 272 g/mol. The molecule has 8 nitrogen and oxygen atoms in total. The number of aromatic nitrogens is 5. The van der Waals surface area contributed by atoms with Crippen molar-refractivity contribution in [1.82, 2.24) is 30.5 Å². The largest absolute Gasteiger partial charge is 0.461 e. The highest BCUT2D eigenvalue weighted by atomic mass is 16.5. The topological polar surface area (TPSA) is 94.8 Å². The fourth-order valence-corrected chi connectivity index (χ4v) is 1.77. The zero-order valence-corrected chi connectivity index (χ0v) is 11.9. The molecule has 0 saturated carbocycles. The molecule has 0 bridgehead atoms. The average molecular weight is 288 g/mol. The molecule has 8 heteroatoms. The summed E-state index contributed by atoms with van der Waals surface area (Å²) in [5.74, 6) is 1.46. The van der Waals surface area contributed by atoms with Gasteiger partial charge in [-0.25, -0.2) is 4.68 Å². The number of hydrogen-bond acceptors (Lipinski definition) is 7. The van der Waals surface area contributed by atoms with Gasteiger partial charge in [-0.15, -0.1) is 5.10 Å². The van der Waals surface area contributed by atoms with Crippen molar-refractivity contribution in [2.75, 3.05) is 0 Å². The monoisotopic (exact) mass is 288 g/mol. The summed E-state index contributed by atoms with van der Waals surface area (Å²) >= 11 is 0. The SMILES string of the molecule is CC(C)NCc1cn(Cc2nc(-c3ccco3)no2)nn1. The molecule has 0 aromatic carbocycles. The van der Waals surface area contributed by atoms with Crippen LogP contribution < -0.4 is 5.32 Å². The molecule has 110 valence electrons. The Bertz CT molecular complexity index is 685. The lowest BCUT2D eigenvalue weighted by molar-refractivity contribution is 0.363. The lowest BCUT2D eigenvalue weighted by atomic mass is 10.3. The Labute approximate surface area is 121 Å². The minimum Gasteiger partial charge on any atom is -0.461 e. The summed E-state index contributed by atoms with van der Waals surface area (Å²) in [5, 5.41) is 15.3. The number of nitrogens with one attached hydrogen (secondary N) is 1. The van der Waals surface area contributed by atoms with Crippen LogP contribution in [0.3, 0.4) is 0 Å². The van der Waals surface area contributed by atoms with E-state index < -0.39 is 0 Å². The molecule has 0 unspecified atom stereocenters. The molecular formula is C13H16N6O2. The number of furan rings is 1. The third-order valence-corrected chi connectivity index (χ3v) is 2.78. The van der Waals surface area contributed by atoms with Crippen molar-refractivity contribution in [3.05, 3.63) is 36.2 Å². The molecule has 1 N–H and O–H groups in total. The molecule has 3 aromatic heterocycles. The first kappa shape index (κ1) is 13.5. The van der Waals surface area contributed by atoms with Gasteiger partial charge in [-0.1, -0.05) is 24.2 Å². The summed E-state index contributed by atoms with van der Waals surface area (Å²) in [6, 6.07) is 3.96. The second kappa shape index (κ2) is 5.88. The summed E-state index contributed by atoms with van der Waals surface area (Å²) in [4.78, 5) is 4.26.